The molecule has 1 aliphatic rings. The van der Waals surface area contributed by atoms with Crippen LogP contribution in [0.1, 0.15) is 11.1 Å². The third-order valence-electron chi connectivity index (χ3n) is 4.66. The molecule has 1 heterocycles. The van der Waals surface area contributed by atoms with E-state index in [-0.39, 0.29) is 18.6 Å². The lowest BCUT2D eigenvalue weighted by Gasteiger charge is -2.26. The zero-order valence-corrected chi connectivity index (χ0v) is 16.0. The van der Waals surface area contributed by atoms with Gasteiger partial charge >= 0.3 is 0 Å². The van der Waals surface area contributed by atoms with Crippen molar-refractivity contribution in [1.29, 1.82) is 0 Å². The lowest BCUT2D eigenvalue weighted by Crippen LogP contribution is -2.42. The van der Waals surface area contributed by atoms with E-state index in [9.17, 15) is 4.79 Å². The lowest BCUT2D eigenvalue weighted by molar-refractivity contribution is -0.123. The van der Waals surface area contributed by atoms with Gasteiger partial charge < -0.3 is 19.5 Å². The zero-order valence-electron chi connectivity index (χ0n) is 16.0. The summed E-state index contributed by atoms with van der Waals surface area (Å²) in [5.74, 6) is 1.96. The minimum Gasteiger partial charge on any atom is -0.486 e. The van der Waals surface area contributed by atoms with E-state index in [1.807, 2.05) is 66.7 Å². The molecule has 29 heavy (non-hydrogen) atoms. The van der Waals surface area contributed by atoms with Crippen molar-refractivity contribution in [1.82, 2.24) is 5.32 Å². The molecule has 0 saturated heterocycles. The Balaban J connectivity index is 1.27. The van der Waals surface area contributed by atoms with Gasteiger partial charge in [-0.25, -0.2) is 0 Å². The fourth-order valence-corrected chi connectivity index (χ4v) is 3.19. The van der Waals surface area contributed by atoms with E-state index in [1.54, 1.807) is 0 Å². The van der Waals surface area contributed by atoms with Crippen LogP contribution in [0.5, 0.6) is 17.2 Å². The summed E-state index contributed by atoms with van der Waals surface area (Å²) in [4.78, 5) is 12.2. The van der Waals surface area contributed by atoms with Gasteiger partial charge in [-0.2, -0.15) is 0 Å². The second-order valence-corrected chi connectivity index (χ2v) is 6.86. The van der Waals surface area contributed by atoms with E-state index < -0.39 is 0 Å². The molecule has 5 nitrogen and oxygen atoms in total. The van der Waals surface area contributed by atoms with Crippen molar-refractivity contribution in [3.05, 3.63) is 90.0 Å². The minimum atomic E-state index is -0.223. The van der Waals surface area contributed by atoms with Gasteiger partial charge in [0.05, 0.1) is 6.54 Å². The molecule has 1 N–H and O–H groups in total. The van der Waals surface area contributed by atoms with Crippen LogP contribution in [0.25, 0.3) is 0 Å². The number of benzene rings is 3. The Labute approximate surface area is 170 Å². The Morgan fingerprint density at radius 2 is 1.66 bits per heavy atom. The standard InChI is InChI=1S/C24H23NO4/c26-24(25-15-20-16-27-22-12-6-7-13-23(22)29-20)17-28-21-11-5-4-10-19(21)14-18-8-2-1-3-9-18/h1-13,20H,14-17H2,(H,25,26)/t20-/m0/s1. The van der Waals surface area contributed by atoms with Crippen molar-refractivity contribution in [2.45, 2.75) is 12.5 Å². The average Bonchev–Trinajstić information content (AvgIpc) is 2.77. The topological polar surface area (TPSA) is 56.8 Å². The van der Waals surface area contributed by atoms with E-state index >= 15 is 0 Å². The van der Waals surface area contributed by atoms with Gasteiger partial charge in [-0.15, -0.1) is 0 Å². The number of hydrogen-bond acceptors (Lipinski definition) is 4. The first-order valence-electron chi connectivity index (χ1n) is 9.68. The Kier molecular flexibility index (Phi) is 5.95. The highest BCUT2D eigenvalue weighted by Crippen LogP contribution is 2.30. The number of para-hydroxylation sites is 3. The van der Waals surface area contributed by atoms with Crippen molar-refractivity contribution in [2.24, 2.45) is 0 Å². The molecule has 1 amide bonds. The van der Waals surface area contributed by atoms with Crippen LogP contribution in [0.4, 0.5) is 0 Å². The van der Waals surface area contributed by atoms with E-state index in [0.717, 1.165) is 23.5 Å². The summed E-state index contributed by atoms with van der Waals surface area (Å²) < 4.78 is 17.3. The number of nitrogens with one attached hydrogen (secondary N) is 1. The smallest absolute Gasteiger partial charge is 0.258 e. The second kappa shape index (κ2) is 9.15. The maximum absolute atomic E-state index is 12.2. The van der Waals surface area contributed by atoms with E-state index in [4.69, 9.17) is 14.2 Å². The monoisotopic (exact) mass is 389 g/mol. The molecular formula is C24H23NO4. The Morgan fingerprint density at radius 1 is 0.931 bits per heavy atom. The SMILES string of the molecule is O=C(COc1ccccc1Cc1ccccc1)NC[C@H]1COc2ccccc2O1. The number of fused-ring (bicyclic) bond motifs is 1. The van der Waals surface area contributed by atoms with Gasteiger partial charge in [0.15, 0.2) is 18.1 Å². The molecule has 3 aromatic rings. The van der Waals surface area contributed by atoms with Gasteiger partial charge in [-0.3, -0.25) is 4.79 Å². The number of amides is 1. The van der Waals surface area contributed by atoms with Crippen LogP contribution < -0.4 is 19.5 Å². The highest BCUT2D eigenvalue weighted by molar-refractivity contribution is 5.77. The van der Waals surface area contributed by atoms with Crippen molar-refractivity contribution >= 4 is 5.91 Å². The van der Waals surface area contributed by atoms with Crippen LogP contribution in [-0.2, 0) is 11.2 Å². The molecule has 0 fully saturated rings. The van der Waals surface area contributed by atoms with Gasteiger partial charge in [-0.1, -0.05) is 60.7 Å². The van der Waals surface area contributed by atoms with Crippen LogP contribution >= 0.6 is 0 Å². The van der Waals surface area contributed by atoms with Crippen molar-refractivity contribution in [2.75, 3.05) is 19.8 Å². The lowest BCUT2D eigenvalue weighted by atomic mass is 10.0. The normalized spacial score (nSPS) is 14.8. The summed E-state index contributed by atoms with van der Waals surface area (Å²) in [6.07, 6.45) is 0.532. The van der Waals surface area contributed by atoms with Crippen LogP contribution in [-0.4, -0.2) is 31.8 Å². The predicted octanol–water partition coefficient (Wildman–Crippen LogP) is 3.61. The molecule has 1 atom stereocenters. The maximum atomic E-state index is 12.2. The molecule has 1 aliphatic heterocycles. The molecule has 0 bridgehead atoms. The first-order valence-corrected chi connectivity index (χ1v) is 9.68. The first kappa shape index (κ1) is 18.9. The van der Waals surface area contributed by atoms with Crippen LogP contribution in [0, 0.1) is 0 Å². The van der Waals surface area contributed by atoms with Crippen molar-refractivity contribution < 1.29 is 19.0 Å². The molecule has 4 rings (SSSR count). The number of ether oxygens (including phenoxy) is 3. The maximum Gasteiger partial charge on any atom is 0.258 e. The van der Waals surface area contributed by atoms with Crippen molar-refractivity contribution in [3.8, 4) is 17.2 Å². The molecule has 0 spiro atoms. The fraction of sp³-hybridized carbons (Fsp3) is 0.208. The molecule has 0 radical (unpaired) electrons. The Hall–Kier alpha value is -3.47. The van der Waals surface area contributed by atoms with Gasteiger partial charge in [0, 0.05) is 6.42 Å². The molecule has 0 saturated carbocycles. The third-order valence-corrected chi connectivity index (χ3v) is 4.66. The quantitative estimate of drug-likeness (QED) is 0.671. The van der Waals surface area contributed by atoms with Gasteiger partial charge in [0.1, 0.15) is 18.5 Å². The number of hydrogen-bond donors (Lipinski definition) is 1. The van der Waals surface area contributed by atoms with Crippen LogP contribution in [0.3, 0.4) is 0 Å². The molecule has 0 aromatic heterocycles. The zero-order chi connectivity index (χ0) is 19.9. The molecule has 5 heteroatoms. The molecule has 148 valence electrons. The first-order chi connectivity index (χ1) is 14.3. The highest BCUT2D eigenvalue weighted by atomic mass is 16.6. The molecule has 0 unspecified atom stereocenters. The molecule has 0 aliphatic carbocycles. The Bertz CT molecular complexity index is 958. The number of rotatable bonds is 7. The fourth-order valence-electron chi connectivity index (χ4n) is 3.19. The largest absolute Gasteiger partial charge is 0.486 e. The molecular weight excluding hydrogens is 366 g/mol. The molecule has 3 aromatic carbocycles. The summed E-state index contributed by atoms with van der Waals surface area (Å²) in [7, 11) is 0. The summed E-state index contributed by atoms with van der Waals surface area (Å²) >= 11 is 0. The second-order valence-electron chi connectivity index (χ2n) is 6.86. The summed E-state index contributed by atoms with van der Waals surface area (Å²) in [5, 5.41) is 2.85. The van der Waals surface area contributed by atoms with Gasteiger partial charge in [-0.05, 0) is 29.3 Å². The van der Waals surface area contributed by atoms with E-state index in [0.29, 0.717) is 18.9 Å². The average molecular weight is 389 g/mol. The predicted molar refractivity (Wildman–Crippen MR) is 111 cm³/mol. The number of carbonyl (C=O) groups is 1. The van der Waals surface area contributed by atoms with Gasteiger partial charge in [0.25, 0.3) is 5.91 Å². The number of carbonyl (C=O) groups excluding carboxylic acids is 1. The third kappa shape index (κ3) is 5.08. The Morgan fingerprint density at radius 3 is 2.52 bits per heavy atom. The van der Waals surface area contributed by atoms with E-state index in [1.165, 1.54) is 5.56 Å². The van der Waals surface area contributed by atoms with Crippen molar-refractivity contribution in [3.63, 3.8) is 0 Å². The van der Waals surface area contributed by atoms with E-state index in [2.05, 4.69) is 17.4 Å². The summed E-state index contributed by atoms with van der Waals surface area (Å²) in [6, 6.07) is 25.5. The highest BCUT2D eigenvalue weighted by Gasteiger charge is 2.21. The summed E-state index contributed by atoms with van der Waals surface area (Å²) in [5.41, 5.74) is 2.25. The van der Waals surface area contributed by atoms with Crippen LogP contribution in [0.15, 0.2) is 78.9 Å². The summed E-state index contributed by atoms with van der Waals surface area (Å²) in [6.45, 7) is 0.718. The van der Waals surface area contributed by atoms with Gasteiger partial charge in [0.2, 0.25) is 0 Å². The minimum absolute atomic E-state index is 0.0457. The van der Waals surface area contributed by atoms with Crippen LogP contribution in [0.2, 0.25) is 0 Å².